The number of hydrogen-bond acceptors (Lipinski definition) is 2. The molecule has 2 nitrogen and oxygen atoms in total. The lowest BCUT2D eigenvalue weighted by molar-refractivity contribution is 0.395. The highest BCUT2D eigenvalue weighted by Gasteiger charge is 2.19. The van der Waals surface area contributed by atoms with Crippen LogP contribution in [0.4, 0.5) is 5.69 Å². The SMILES string of the molecule is CCC1CCN(c2ccc(CNCC(C)C)cc2Br)CC1. The molecule has 1 saturated heterocycles. The van der Waals surface area contributed by atoms with Gasteiger partial charge in [-0.1, -0.05) is 33.3 Å². The molecule has 0 saturated carbocycles. The van der Waals surface area contributed by atoms with Gasteiger partial charge in [0.1, 0.15) is 0 Å². The van der Waals surface area contributed by atoms with Crippen LogP contribution in [0, 0.1) is 11.8 Å². The molecule has 0 atom stereocenters. The monoisotopic (exact) mass is 352 g/mol. The Morgan fingerprint density at radius 3 is 2.57 bits per heavy atom. The fourth-order valence-electron chi connectivity index (χ4n) is 3.00. The summed E-state index contributed by atoms with van der Waals surface area (Å²) in [6.45, 7) is 11.2. The Kier molecular flexibility index (Phi) is 6.56. The number of benzene rings is 1. The summed E-state index contributed by atoms with van der Waals surface area (Å²) >= 11 is 3.77. The second-order valence-corrected chi connectivity index (χ2v) is 7.50. The first-order chi connectivity index (χ1) is 10.1. The van der Waals surface area contributed by atoms with Gasteiger partial charge < -0.3 is 10.2 Å². The maximum absolute atomic E-state index is 3.77. The van der Waals surface area contributed by atoms with Gasteiger partial charge in [-0.2, -0.15) is 0 Å². The van der Waals surface area contributed by atoms with Crippen LogP contribution in [-0.4, -0.2) is 19.6 Å². The van der Waals surface area contributed by atoms with Crippen LogP contribution in [0.3, 0.4) is 0 Å². The fourth-order valence-corrected chi connectivity index (χ4v) is 3.68. The van der Waals surface area contributed by atoms with Crippen molar-refractivity contribution in [2.75, 3.05) is 24.5 Å². The lowest BCUT2D eigenvalue weighted by Crippen LogP contribution is -2.33. The molecule has 0 aromatic heterocycles. The molecule has 1 aromatic carbocycles. The Labute approximate surface area is 138 Å². The standard InChI is InChI=1S/C18H29BrN2/c1-4-15-7-9-21(10-8-15)18-6-5-16(11-17(18)19)13-20-12-14(2)3/h5-6,11,14-15,20H,4,7-10,12-13H2,1-3H3. The lowest BCUT2D eigenvalue weighted by atomic mass is 9.94. The van der Waals surface area contributed by atoms with Crippen LogP contribution in [0.25, 0.3) is 0 Å². The second kappa shape index (κ2) is 8.19. The molecule has 0 amide bonds. The summed E-state index contributed by atoms with van der Waals surface area (Å²) in [5.41, 5.74) is 2.71. The first-order valence-electron chi connectivity index (χ1n) is 8.34. The Morgan fingerprint density at radius 1 is 1.29 bits per heavy atom. The van der Waals surface area contributed by atoms with Crippen LogP contribution < -0.4 is 10.2 Å². The molecule has 0 spiro atoms. The minimum absolute atomic E-state index is 0.701. The summed E-state index contributed by atoms with van der Waals surface area (Å²) < 4.78 is 1.24. The predicted molar refractivity (Wildman–Crippen MR) is 95.9 cm³/mol. The molecule has 0 aliphatic carbocycles. The van der Waals surface area contributed by atoms with E-state index in [4.69, 9.17) is 0 Å². The summed E-state index contributed by atoms with van der Waals surface area (Å²) in [5.74, 6) is 1.63. The quantitative estimate of drug-likeness (QED) is 0.789. The van der Waals surface area contributed by atoms with Crippen molar-refractivity contribution in [2.45, 2.75) is 46.6 Å². The van der Waals surface area contributed by atoms with E-state index in [1.54, 1.807) is 0 Å². The van der Waals surface area contributed by atoms with Crippen LogP contribution in [0.5, 0.6) is 0 Å². The van der Waals surface area contributed by atoms with Gasteiger partial charge in [-0.3, -0.25) is 0 Å². The number of rotatable bonds is 6. The van der Waals surface area contributed by atoms with Crippen molar-refractivity contribution >= 4 is 21.6 Å². The van der Waals surface area contributed by atoms with Crippen LogP contribution in [-0.2, 0) is 6.54 Å². The molecule has 0 radical (unpaired) electrons. The van der Waals surface area contributed by atoms with E-state index >= 15 is 0 Å². The molecular weight excluding hydrogens is 324 g/mol. The van der Waals surface area contributed by atoms with Crippen LogP contribution in [0.15, 0.2) is 22.7 Å². The third kappa shape index (κ3) is 5.00. The van der Waals surface area contributed by atoms with E-state index < -0.39 is 0 Å². The molecule has 1 heterocycles. The van der Waals surface area contributed by atoms with E-state index in [2.05, 4.69) is 65.1 Å². The Morgan fingerprint density at radius 2 is 2.00 bits per heavy atom. The Hall–Kier alpha value is -0.540. The molecule has 1 aliphatic rings. The van der Waals surface area contributed by atoms with Gasteiger partial charge in [0.2, 0.25) is 0 Å². The molecule has 118 valence electrons. The molecular formula is C18H29BrN2. The van der Waals surface area contributed by atoms with Gasteiger partial charge in [-0.15, -0.1) is 0 Å². The average molecular weight is 353 g/mol. The molecule has 1 aromatic rings. The van der Waals surface area contributed by atoms with Crippen molar-refractivity contribution in [3.8, 4) is 0 Å². The number of piperidine rings is 1. The van der Waals surface area contributed by atoms with Crippen molar-refractivity contribution in [3.63, 3.8) is 0 Å². The zero-order chi connectivity index (χ0) is 15.2. The summed E-state index contributed by atoms with van der Waals surface area (Å²) in [5, 5.41) is 3.51. The van der Waals surface area contributed by atoms with E-state index in [1.807, 2.05) is 0 Å². The van der Waals surface area contributed by atoms with Crippen molar-refractivity contribution in [1.29, 1.82) is 0 Å². The summed E-state index contributed by atoms with van der Waals surface area (Å²) in [6, 6.07) is 6.82. The normalized spacial score (nSPS) is 16.7. The van der Waals surface area contributed by atoms with E-state index in [0.717, 1.165) is 19.0 Å². The molecule has 1 fully saturated rings. The minimum atomic E-state index is 0.701. The Balaban J connectivity index is 1.93. The van der Waals surface area contributed by atoms with Gasteiger partial charge in [0.05, 0.1) is 5.69 Å². The maximum Gasteiger partial charge on any atom is 0.0510 e. The first kappa shape index (κ1) is 16.8. The van der Waals surface area contributed by atoms with Gasteiger partial charge in [0, 0.05) is 24.1 Å². The van der Waals surface area contributed by atoms with Gasteiger partial charge in [0.25, 0.3) is 0 Å². The molecule has 0 bridgehead atoms. The summed E-state index contributed by atoms with van der Waals surface area (Å²) in [4.78, 5) is 2.53. The van der Waals surface area contributed by atoms with Gasteiger partial charge >= 0.3 is 0 Å². The number of hydrogen-bond donors (Lipinski definition) is 1. The molecule has 21 heavy (non-hydrogen) atoms. The lowest BCUT2D eigenvalue weighted by Gasteiger charge is -2.34. The summed E-state index contributed by atoms with van der Waals surface area (Å²) in [6.07, 6.45) is 4.00. The third-order valence-corrected chi connectivity index (χ3v) is 5.06. The topological polar surface area (TPSA) is 15.3 Å². The van der Waals surface area contributed by atoms with Gasteiger partial charge in [0.15, 0.2) is 0 Å². The zero-order valence-corrected chi connectivity index (χ0v) is 15.2. The van der Waals surface area contributed by atoms with Crippen molar-refractivity contribution in [3.05, 3.63) is 28.2 Å². The van der Waals surface area contributed by atoms with Crippen LogP contribution in [0.2, 0.25) is 0 Å². The predicted octanol–water partition coefficient (Wildman–Crippen LogP) is 4.82. The molecule has 1 N–H and O–H groups in total. The van der Waals surface area contributed by atoms with E-state index in [0.29, 0.717) is 5.92 Å². The maximum atomic E-state index is 3.77. The zero-order valence-electron chi connectivity index (χ0n) is 13.7. The largest absolute Gasteiger partial charge is 0.371 e. The Bertz CT molecular complexity index is 437. The first-order valence-corrected chi connectivity index (χ1v) is 9.13. The number of nitrogens with one attached hydrogen (secondary N) is 1. The van der Waals surface area contributed by atoms with Gasteiger partial charge in [-0.25, -0.2) is 0 Å². The number of halogens is 1. The number of anilines is 1. The third-order valence-electron chi connectivity index (χ3n) is 4.43. The number of nitrogens with zero attached hydrogens (tertiary/aromatic N) is 1. The van der Waals surface area contributed by atoms with Crippen molar-refractivity contribution in [1.82, 2.24) is 5.32 Å². The molecule has 3 heteroatoms. The van der Waals surface area contributed by atoms with Crippen LogP contribution in [0.1, 0.15) is 45.6 Å². The highest BCUT2D eigenvalue weighted by molar-refractivity contribution is 9.10. The smallest absolute Gasteiger partial charge is 0.0510 e. The van der Waals surface area contributed by atoms with Crippen molar-refractivity contribution in [2.24, 2.45) is 11.8 Å². The summed E-state index contributed by atoms with van der Waals surface area (Å²) in [7, 11) is 0. The highest BCUT2D eigenvalue weighted by Crippen LogP contribution is 2.31. The van der Waals surface area contributed by atoms with Crippen molar-refractivity contribution < 1.29 is 0 Å². The van der Waals surface area contributed by atoms with E-state index in [-0.39, 0.29) is 0 Å². The van der Waals surface area contributed by atoms with Gasteiger partial charge in [-0.05, 0) is 64.8 Å². The van der Waals surface area contributed by atoms with Crippen LogP contribution >= 0.6 is 15.9 Å². The average Bonchev–Trinajstić information content (AvgIpc) is 2.47. The minimum Gasteiger partial charge on any atom is -0.371 e. The molecule has 0 unspecified atom stereocenters. The second-order valence-electron chi connectivity index (χ2n) is 6.65. The highest BCUT2D eigenvalue weighted by atomic mass is 79.9. The van der Waals surface area contributed by atoms with E-state index in [1.165, 1.54) is 48.1 Å². The molecule has 2 rings (SSSR count). The fraction of sp³-hybridized carbons (Fsp3) is 0.667. The molecule has 1 aliphatic heterocycles. The van der Waals surface area contributed by atoms with E-state index in [9.17, 15) is 0 Å².